The number of para-hydroxylation sites is 1. The molecule has 0 atom stereocenters. The summed E-state index contributed by atoms with van der Waals surface area (Å²) in [6.07, 6.45) is 2.10. The highest BCUT2D eigenvalue weighted by Crippen LogP contribution is 2.33. The Morgan fingerprint density at radius 1 is 1.04 bits per heavy atom. The molecule has 0 unspecified atom stereocenters. The molecule has 1 aliphatic carbocycles. The molecule has 4 nitrogen and oxygen atoms in total. The smallest absolute Gasteiger partial charge is 0.223 e. The highest BCUT2D eigenvalue weighted by molar-refractivity contribution is 5.82. The summed E-state index contributed by atoms with van der Waals surface area (Å²) < 4.78 is 5.82. The molecule has 4 rings (SSSR count). The molecule has 0 bridgehead atoms. The molecule has 0 spiro atoms. The Morgan fingerprint density at radius 3 is 2.29 bits per heavy atom. The Morgan fingerprint density at radius 2 is 1.67 bits per heavy atom. The molecule has 1 saturated carbocycles. The van der Waals surface area contributed by atoms with Crippen molar-refractivity contribution in [2.24, 2.45) is 5.92 Å². The third kappa shape index (κ3) is 3.23. The molecule has 24 heavy (non-hydrogen) atoms. The van der Waals surface area contributed by atoms with Crippen LogP contribution in [0.25, 0.3) is 0 Å². The van der Waals surface area contributed by atoms with Crippen LogP contribution in [0.15, 0.2) is 54.6 Å². The number of ether oxygens (including phenoxy) is 1. The van der Waals surface area contributed by atoms with Gasteiger partial charge in [0.05, 0.1) is 5.54 Å². The molecule has 2 fully saturated rings. The van der Waals surface area contributed by atoms with E-state index in [1.54, 1.807) is 0 Å². The van der Waals surface area contributed by atoms with Crippen molar-refractivity contribution in [3.8, 4) is 11.5 Å². The molecule has 1 amide bonds. The van der Waals surface area contributed by atoms with Crippen LogP contribution in [0.3, 0.4) is 0 Å². The Kier molecular flexibility index (Phi) is 3.68. The van der Waals surface area contributed by atoms with Crippen molar-refractivity contribution >= 4 is 11.6 Å². The van der Waals surface area contributed by atoms with E-state index in [9.17, 15) is 4.79 Å². The second kappa shape index (κ2) is 5.86. The van der Waals surface area contributed by atoms with E-state index < -0.39 is 0 Å². The van der Waals surface area contributed by atoms with Crippen LogP contribution in [0.4, 0.5) is 5.69 Å². The molecule has 2 aliphatic rings. The number of nitrogens with one attached hydrogen (secondary N) is 1. The number of hydrogen-bond acceptors (Lipinski definition) is 3. The average molecular weight is 322 g/mol. The number of benzene rings is 2. The van der Waals surface area contributed by atoms with Crippen LogP contribution in [0, 0.1) is 5.92 Å². The maximum absolute atomic E-state index is 11.9. The van der Waals surface area contributed by atoms with Gasteiger partial charge in [0.1, 0.15) is 11.5 Å². The van der Waals surface area contributed by atoms with Crippen molar-refractivity contribution in [2.45, 2.75) is 25.3 Å². The van der Waals surface area contributed by atoms with Gasteiger partial charge in [-0.2, -0.15) is 0 Å². The third-order valence-corrected chi connectivity index (χ3v) is 4.63. The van der Waals surface area contributed by atoms with E-state index in [2.05, 4.69) is 29.3 Å². The maximum atomic E-state index is 11.9. The fourth-order valence-corrected chi connectivity index (χ4v) is 3.15. The minimum atomic E-state index is -0.0983. The number of amides is 1. The predicted molar refractivity (Wildman–Crippen MR) is 94.4 cm³/mol. The first-order valence-electron chi connectivity index (χ1n) is 8.51. The summed E-state index contributed by atoms with van der Waals surface area (Å²) in [5.41, 5.74) is 1.06. The number of hydrogen-bond donors (Lipinski definition) is 1. The average Bonchev–Trinajstić information content (AvgIpc) is 3.39. The molecular formula is C20H22N2O2. The fraction of sp³-hybridized carbons (Fsp3) is 0.350. The van der Waals surface area contributed by atoms with Crippen molar-refractivity contribution in [3.05, 3.63) is 54.6 Å². The van der Waals surface area contributed by atoms with Crippen LogP contribution < -0.4 is 15.0 Å². The van der Waals surface area contributed by atoms with Gasteiger partial charge < -0.3 is 15.0 Å². The van der Waals surface area contributed by atoms with Gasteiger partial charge in [-0.05, 0) is 56.2 Å². The Labute approximate surface area is 142 Å². The summed E-state index contributed by atoms with van der Waals surface area (Å²) in [7, 11) is 0. The zero-order valence-corrected chi connectivity index (χ0v) is 13.9. The van der Waals surface area contributed by atoms with Crippen molar-refractivity contribution in [1.29, 1.82) is 0 Å². The molecule has 1 aliphatic heterocycles. The molecule has 1 N–H and O–H groups in total. The highest BCUT2D eigenvalue weighted by Gasteiger charge is 2.42. The van der Waals surface area contributed by atoms with Gasteiger partial charge in [-0.15, -0.1) is 0 Å². The van der Waals surface area contributed by atoms with E-state index in [0.717, 1.165) is 43.1 Å². The molecule has 2 aromatic carbocycles. The summed E-state index contributed by atoms with van der Waals surface area (Å²) in [6, 6.07) is 17.9. The Bertz CT molecular complexity index is 717. The molecular weight excluding hydrogens is 300 g/mol. The summed E-state index contributed by atoms with van der Waals surface area (Å²) in [4.78, 5) is 14.2. The van der Waals surface area contributed by atoms with Crippen molar-refractivity contribution in [2.75, 3.05) is 18.0 Å². The number of carbonyl (C=O) groups excluding carboxylic acids is 1. The normalized spacial score (nSPS) is 18.6. The van der Waals surface area contributed by atoms with Crippen molar-refractivity contribution < 1.29 is 9.53 Å². The lowest BCUT2D eigenvalue weighted by atomic mass is 9.91. The first-order valence-corrected chi connectivity index (χ1v) is 8.51. The number of anilines is 1. The monoisotopic (exact) mass is 322 g/mol. The lowest BCUT2D eigenvalue weighted by Gasteiger charge is -2.49. The largest absolute Gasteiger partial charge is 0.457 e. The standard InChI is InChI=1S/C20H22N2O2/c1-20(21-19(23)15-7-8-15)13-22(14-20)16-9-11-18(12-10-16)24-17-5-3-2-4-6-17/h2-6,9-12,15H,7-8,13-14H2,1H3,(H,21,23). The van der Waals surface area contributed by atoms with Crippen LogP contribution in [0.2, 0.25) is 0 Å². The first kappa shape index (κ1) is 15.1. The number of nitrogens with zero attached hydrogens (tertiary/aromatic N) is 1. The second-order valence-corrected chi connectivity index (χ2v) is 7.09. The third-order valence-electron chi connectivity index (χ3n) is 4.63. The van der Waals surface area contributed by atoms with Gasteiger partial charge in [0, 0.05) is 24.7 Å². The number of carbonyl (C=O) groups is 1. The zero-order chi connectivity index (χ0) is 16.6. The predicted octanol–water partition coefficient (Wildman–Crippen LogP) is 3.58. The van der Waals surface area contributed by atoms with Crippen LogP contribution >= 0.6 is 0 Å². The lowest BCUT2D eigenvalue weighted by molar-refractivity contribution is -0.124. The zero-order valence-electron chi connectivity index (χ0n) is 13.9. The van der Waals surface area contributed by atoms with E-state index in [0.29, 0.717) is 0 Å². The summed E-state index contributed by atoms with van der Waals surface area (Å²) >= 11 is 0. The van der Waals surface area contributed by atoms with E-state index in [1.807, 2.05) is 42.5 Å². The van der Waals surface area contributed by atoms with Gasteiger partial charge in [0.25, 0.3) is 0 Å². The van der Waals surface area contributed by atoms with E-state index in [-0.39, 0.29) is 17.4 Å². The molecule has 1 heterocycles. The quantitative estimate of drug-likeness (QED) is 0.915. The van der Waals surface area contributed by atoms with Gasteiger partial charge in [-0.25, -0.2) is 0 Å². The molecule has 0 aromatic heterocycles. The van der Waals surface area contributed by atoms with Gasteiger partial charge in [-0.1, -0.05) is 18.2 Å². The van der Waals surface area contributed by atoms with Crippen molar-refractivity contribution in [3.63, 3.8) is 0 Å². The topological polar surface area (TPSA) is 41.6 Å². The molecule has 4 heteroatoms. The van der Waals surface area contributed by atoms with Crippen LogP contribution in [-0.2, 0) is 4.79 Å². The summed E-state index contributed by atoms with van der Waals surface area (Å²) in [6.45, 7) is 3.82. The van der Waals surface area contributed by atoms with Crippen LogP contribution in [0.1, 0.15) is 19.8 Å². The lowest BCUT2D eigenvalue weighted by Crippen LogP contribution is -2.69. The minimum Gasteiger partial charge on any atom is -0.457 e. The van der Waals surface area contributed by atoms with Crippen LogP contribution in [-0.4, -0.2) is 24.5 Å². The molecule has 2 aromatic rings. The van der Waals surface area contributed by atoms with Gasteiger partial charge in [0.15, 0.2) is 0 Å². The van der Waals surface area contributed by atoms with E-state index in [4.69, 9.17) is 4.74 Å². The SMILES string of the molecule is CC1(NC(=O)C2CC2)CN(c2ccc(Oc3ccccc3)cc2)C1. The van der Waals surface area contributed by atoms with Gasteiger partial charge >= 0.3 is 0 Å². The fourth-order valence-electron chi connectivity index (χ4n) is 3.15. The Hall–Kier alpha value is -2.49. The van der Waals surface area contributed by atoms with E-state index >= 15 is 0 Å². The maximum Gasteiger partial charge on any atom is 0.223 e. The Balaban J connectivity index is 1.34. The second-order valence-electron chi connectivity index (χ2n) is 7.09. The minimum absolute atomic E-state index is 0.0983. The van der Waals surface area contributed by atoms with E-state index in [1.165, 1.54) is 0 Å². The molecule has 124 valence electrons. The van der Waals surface area contributed by atoms with Gasteiger partial charge in [0.2, 0.25) is 5.91 Å². The van der Waals surface area contributed by atoms with Crippen molar-refractivity contribution in [1.82, 2.24) is 5.32 Å². The number of rotatable bonds is 5. The highest BCUT2D eigenvalue weighted by atomic mass is 16.5. The first-order chi connectivity index (χ1) is 11.6. The summed E-state index contributed by atoms with van der Waals surface area (Å²) in [5, 5.41) is 3.19. The molecule has 0 radical (unpaired) electrons. The molecule has 1 saturated heterocycles. The van der Waals surface area contributed by atoms with Gasteiger partial charge in [-0.3, -0.25) is 4.79 Å². The summed E-state index contributed by atoms with van der Waals surface area (Å²) in [5.74, 6) is 2.16. The van der Waals surface area contributed by atoms with Crippen LogP contribution in [0.5, 0.6) is 11.5 Å².